The van der Waals surface area contributed by atoms with Gasteiger partial charge in [0.05, 0.1) is 17.3 Å². The molecule has 1 N–H and O–H groups in total. The van der Waals surface area contributed by atoms with Crippen molar-refractivity contribution in [3.8, 4) is 5.75 Å². The summed E-state index contributed by atoms with van der Waals surface area (Å²) in [5.74, 6) is 1.06. The van der Waals surface area contributed by atoms with Crippen LogP contribution >= 0.6 is 0 Å². The van der Waals surface area contributed by atoms with Gasteiger partial charge in [0.15, 0.2) is 0 Å². The Bertz CT molecular complexity index is 1690. The smallest absolute Gasteiger partial charge is 0.410 e. The summed E-state index contributed by atoms with van der Waals surface area (Å²) < 4.78 is 13.1. The van der Waals surface area contributed by atoms with Crippen molar-refractivity contribution in [2.75, 3.05) is 44.7 Å². The predicted molar refractivity (Wildman–Crippen MR) is 175 cm³/mol. The largest absolute Gasteiger partial charge is 0.415 e. The number of ether oxygens (including phenoxy) is 2. The van der Waals surface area contributed by atoms with Crippen LogP contribution in [0.25, 0.3) is 11.0 Å². The van der Waals surface area contributed by atoms with Crippen LogP contribution < -0.4 is 15.6 Å². The topological polar surface area (TPSA) is 102 Å². The molecule has 0 radical (unpaired) electrons. The summed E-state index contributed by atoms with van der Waals surface area (Å²) in [5.41, 5.74) is 3.63. The Balaban J connectivity index is 1.17. The molecule has 10 nitrogen and oxygen atoms in total. The van der Waals surface area contributed by atoms with Crippen LogP contribution in [0.15, 0.2) is 71.5 Å². The summed E-state index contributed by atoms with van der Waals surface area (Å²) in [7, 11) is 0. The van der Waals surface area contributed by atoms with Crippen LogP contribution in [0.2, 0.25) is 0 Å². The van der Waals surface area contributed by atoms with E-state index in [9.17, 15) is 9.59 Å². The monoisotopic (exact) mass is 610 g/mol. The summed E-state index contributed by atoms with van der Waals surface area (Å²) in [4.78, 5) is 39.2. The summed E-state index contributed by atoms with van der Waals surface area (Å²) >= 11 is 0. The van der Waals surface area contributed by atoms with Crippen molar-refractivity contribution >= 4 is 23.1 Å². The maximum absolute atomic E-state index is 12.8. The zero-order valence-electron chi connectivity index (χ0n) is 26.5. The number of piperazine rings is 1. The van der Waals surface area contributed by atoms with Crippen molar-refractivity contribution in [2.24, 2.45) is 0 Å². The second-order valence-electron chi connectivity index (χ2n) is 12.3. The number of amides is 1. The van der Waals surface area contributed by atoms with Gasteiger partial charge in [-0.3, -0.25) is 14.3 Å². The fourth-order valence-corrected chi connectivity index (χ4v) is 6.67. The molecule has 10 heteroatoms. The van der Waals surface area contributed by atoms with E-state index in [1.807, 2.05) is 39.0 Å². The van der Waals surface area contributed by atoms with Crippen molar-refractivity contribution < 1.29 is 14.3 Å². The molecule has 236 valence electrons. The second kappa shape index (κ2) is 13.0. The number of carbonyl (C=O) groups excluding carboxylic acids is 1. The lowest BCUT2D eigenvalue weighted by Crippen LogP contribution is -2.58. The molecule has 2 saturated heterocycles. The lowest BCUT2D eigenvalue weighted by molar-refractivity contribution is -0.0483. The van der Waals surface area contributed by atoms with Crippen LogP contribution in [0.1, 0.15) is 62.5 Å². The van der Waals surface area contributed by atoms with E-state index in [-0.39, 0.29) is 29.3 Å². The number of rotatable bonds is 7. The maximum Gasteiger partial charge on any atom is 0.415 e. The zero-order valence-corrected chi connectivity index (χ0v) is 26.5. The highest BCUT2D eigenvalue weighted by Crippen LogP contribution is 2.39. The molecule has 2 aromatic heterocycles. The van der Waals surface area contributed by atoms with Gasteiger partial charge in [-0.05, 0) is 69.9 Å². The number of benzene rings is 2. The van der Waals surface area contributed by atoms with Crippen molar-refractivity contribution in [1.82, 2.24) is 24.3 Å². The van der Waals surface area contributed by atoms with E-state index in [0.717, 1.165) is 42.6 Å². The minimum Gasteiger partial charge on any atom is -0.410 e. The molecule has 2 aliphatic heterocycles. The van der Waals surface area contributed by atoms with Gasteiger partial charge >= 0.3 is 6.09 Å². The Morgan fingerprint density at radius 1 is 0.911 bits per heavy atom. The van der Waals surface area contributed by atoms with E-state index in [2.05, 4.69) is 41.4 Å². The minimum absolute atomic E-state index is 0.0167. The highest BCUT2D eigenvalue weighted by atomic mass is 16.6. The maximum atomic E-state index is 12.8. The Morgan fingerprint density at radius 2 is 1.60 bits per heavy atom. The SMILES string of the molecule is Cc1nc(N[C@@H](C)c2ccc(C3(N4CCN(C(=O)Oc5ccccc5)CC4)CCOCC3)cc2)nc2c1ccc(=O)n2C(C)C. The molecule has 0 bridgehead atoms. The van der Waals surface area contributed by atoms with Gasteiger partial charge in [-0.15, -0.1) is 0 Å². The highest BCUT2D eigenvalue weighted by molar-refractivity contribution is 5.78. The van der Waals surface area contributed by atoms with Crippen LogP contribution in [-0.4, -0.2) is 69.8 Å². The van der Waals surface area contributed by atoms with Gasteiger partial charge in [-0.25, -0.2) is 9.78 Å². The number of anilines is 1. The molecule has 2 aromatic carbocycles. The third-order valence-corrected chi connectivity index (χ3v) is 9.20. The number of para-hydroxylation sites is 1. The number of hydrogen-bond acceptors (Lipinski definition) is 8. The van der Waals surface area contributed by atoms with E-state index in [0.29, 0.717) is 43.6 Å². The average Bonchev–Trinajstić information content (AvgIpc) is 3.05. The Labute approximate surface area is 264 Å². The molecule has 6 rings (SSSR count). The first-order valence-corrected chi connectivity index (χ1v) is 15.9. The van der Waals surface area contributed by atoms with Crippen LogP contribution in [-0.2, 0) is 10.3 Å². The molecule has 0 unspecified atom stereocenters. The summed E-state index contributed by atoms with van der Waals surface area (Å²) in [5, 5.41) is 4.34. The average molecular weight is 611 g/mol. The molecule has 0 saturated carbocycles. The molecular formula is C35H42N6O4. The van der Waals surface area contributed by atoms with E-state index >= 15 is 0 Å². The fourth-order valence-electron chi connectivity index (χ4n) is 6.67. The zero-order chi connectivity index (χ0) is 31.6. The second-order valence-corrected chi connectivity index (χ2v) is 12.3. The molecule has 2 fully saturated rings. The molecule has 2 aliphatic rings. The number of nitrogens with one attached hydrogen (secondary N) is 1. The Kier molecular flexibility index (Phi) is 8.87. The van der Waals surface area contributed by atoms with E-state index in [1.54, 1.807) is 33.7 Å². The Morgan fingerprint density at radius 3 is 2.27 bits per heavy atom. The predicted octanol–water partition coefficient (Wildman–Crippen LogP) is 5.68. The first-order valence-electron chi connectivity index (χ1n) is 15.9. The van der Waals surface area contributed by atoms with Gasteiger partial charge < -0.3 is 19.7 Å². The van der Waals surface area contributed by atoms with E-state index < -0.39 is 0 Å². The Hall–Kier alpha value is -4.28. The van der Waals surface area contributed by atoms with E-state index in [4.69, 9.17) is 19.4 Å². The lowest BCUT2D eigenvalue weighted by atomic mass is 9.80. The van der Waals surface area contributed by atoms with Gasteiger partial charge in [-0.2, -0.15) is 4.98 Å². The third kappa shape index (κ3) is 6.30. The van der Waals surface area contributed by atoms with Crippen molar-refractivity contribution in [3.05, 3.63) is 93.9 Å². The number of pyridine rings is 1. The number of carbonyl (C=O) groups is 1. The number of fused-ring (bicyclic) bond motifs is 1. The molecule has 1 atom stereocenters. The van der Waals surface area contributed by atoms with Crippen LogP contribution in [0, 0.1) is 6.92 Å². The molecular weight excluding hydrogens is 568 g/mol. The van der Waals surface area contributed by atoms with Crippen molar-refractivity contribution in [2.45, 2.75) is 58.2 Å². The number of hydrogen-bond donors (Lipinski definition) is 1. The quantitative estimate of drug-likeness (QED) is 0.285. The van der Waals surface area contributed by atoms with Gasteiger partial charge in [0.2, 0.25) is 5.95 Å². The molecule has 45 heavy (non-hydrogen) atoms. The summed E-state index contributed by atoms with van der Waals surface area (Å²) in [6, 6.07) is 21.4. The van der Waals surface area contributed by atoms with Crippen LogP contribution in [0.4, 0.5) is 10.7 Å². The molecule has 0 spiro atoms. The highest BCUT2D eigenvalue weighted by Gasteiger charge is 2.42. The molecule has 4 heterocycles. The van der Waals surface area contributed by atoms with Gasteiger partial charge in [0.1, 0.15) is 11.4 Å². The van der Waals surface area contributed by atoms with Gasteiger partial charge in [-0.1, -0.05) is 42.5 Å². The number of aryl methyl sites for hydroxylation is 1. The van der Waals surface area contributed by atoms with Crippen LogP contribution in [0.3, 0.4) is 0 Å². The van der Waals surface area contributed by atoms with Crippen molar-refractivity contribution in [3.63, 3.8) is 0 Å². The molecule has 0 aliphatic carbocycles. The molecule has 1 amide bonds. The van der Waals surface area contributed by atoms with Gasteiger partial charge in [0.25, 0.3) is 5.56 Å². The first kappa shape index (κ1) is 30.7. The third-order valence-electron chi connectivity index (χ3n) is 9.20. The van der Waals surface area contributed by atoms with Crippen molar-refractivity contribution in [1.29, 1.82) is 0 Å². The summed E-state index contributed by atoms with van der Waals surface area (Å²) in [6.45, 7) is 12.2. The normalized spacial score (nSPS) is 17.8. The number of aromatic nitrogens is 3. The van der Waals surface area contributed by atoms with Crippen LogP contribution in [0.5, 0.6) is 5.75 Å². The lowest BCUT2D eigenvalue weighted by Gasteiger charge is -2.49. The van der Waals surface area contributed by atoms with Gasteiger partial charge in [0, 0.05) is 56.9 Å². The first-order chi connectivity index (χ1) is 21.7. The standard InChI is InChI=1S/C35H42N6O4/c1-24(2)41-31(42)15-14-30-26(4)37-33(38-32(30)41)36-25(3)27-10-12-28(13-11-27)35(16-22-44-23-17-35)40-20-18-39(19-21-40)34(43)45-29-8-6-5-7-9-29/h5-15,24-25H,16-23H2,1-4H3,(H,36,37,38)/t25-/m0/s1. The number of nitrogens with zero attached hydrogens (tertiary/aromatic N) is 5. The summed E-state index contributed by atoms with van der Waals surface area (Å²) in [6.07, 6.45) is 1.50. The van der Waals surface area contributed by atoms with E-state index in [1.165, 1.54) is 5.56 Å². The fraction of sp³-hybridized carbons (Fsp3) is 0.429. The minimum atomic E-state index is -0.300. The molecule has 4 aromatic rings.